The lowest BCUT2D eigenvalue weighted by atomic mass is 10.1. The zero-order chi connectivity index (χ0) is 13.0. The Hall–Kier alpha value is -0.940. The van der Waals surface area contributed by atoms with E-state index < -0.39 is 0 Å². The summed E-state index contributed by atoms with van der Waals surface area (Å²) in [4.78, 5) is 4.31. The third-order valence-electron chi connectivity index (χ3n) is 3.65. The van der Waals surface area contributed by atoms with Crippen LogP contribution in [0.5, 0.6) is 0 Å². The lowest BCUT2D eigenvalue weighted by molar-refractivity contribution is 0.204. The molecule has 0 bridgehead atoms. The molecule has 0 saturated heterocycles. The van der Waals surface area contributed by atoms with Crippen molar-refractivity contribution < 1.29 is 5.11 Å². The number of rotatable bonds is 6. The van der Waals surface area contributed by atoms with Gasteiger partial charge < -0.3 is 10.4 Å². The Morgan fingerprint density at radius 1 is 1.50 bits per heavy atom. The Balaban J connectivity index is 1.88. The molecular weight excluding hydrogens is 228 g/mol. The van der Waals surface area contributed by atoms with Crippen molar-refractivity contribution in [2.45, 2.75) is 52.2 Å². The van der Waals surface area contributed by atoms with E-state index in [-0.39, 0.29) is 6.61 Å². The van der Waals surface area contributed by atoms with Crippen LogP contribution in [0.25, 0.3) is 0 Å². The Morgan fingerprint density at radius 2 is 2.33 bits per heavy atom. The first kappa shape index (κ1) is 13.5. The van der Waals surface area contributed by atoms with E-state index in [9.17, 15) is 5.11 Å². The molecule has 5 heteroatoms. The van der Waals surface area contributed by atoms with Crippen molar-refractivity contribution in [1.82, 2.24) is 20.1 Å². The molecule has 1 heterocycles. The standard InChI is InChI=1S/C13H24N4O/c1-10(2)7-17-13(15-9-16-17)6-14-12-5-3-4-11(12)8-18/h9-12,14,18H,3-8H2,1-2H3. The fourth-order valence-corrected chi connectivity index (χ4v) is 2.67. The summed E-state index contributed by atoms with van der Waals surface area (Å²) in [5.41, 5.74) is 0. The molecule has 2 rings (SSSR count). The van der Waals surface area contributed by atoms with Crippen LogP contribution in [0, 0.1) is 11.8 Å². The number of hydrogen-bond acceptors (Lipinski definition) is 4. The molecule has 1 aromatic rings. The highest BCUT2D eigenvalue weighted by Crippen LogP contribution is 2.25. The predicted molar refractivity (Wildman–Crippen MR) is 69.9 cm³/mol. The van der Waals surface area contributed by atoms with Crippen LogP contribution in [0.2, 0.25) is 0 Å². The smallest absolute Gasteiger partial charge is 0.140 e. The summed E-state index contributed by atoms with van der Waals surface area (Å²) in [6.45, 7) is 6.30. The molecule has 1 aliphatic carbocycles. The van der Waals surface area contributed by atoms with Gasteiger partial charge in [-0.15, -0.1) is 0 Å². The lowest BCUT2D eigenvalue weighted by Crippen LogP contribution is -2.34. The highest BCUT2D eigenvalue weighted by Gasteiger charge is 2.26. The molecule has 2 atom stereocenters. The van der Waals surface area contributed by atoms with Gasteiger partial charge in [-0.25, -0.2) is 9.67 Å². The fourth-order valence-electron chi connectivity index (χ4n) is 2.67. The average molecular weight is 252 g/mol. The molecule has 5 nitrogen and oxygen atoms in total. The van der Waals surface area contributed by atoms with Crippen LogP contribution in [0.1, 0.15) is 38.9 Å². The van der Waals surface area contributed by atoms with E-state index in [1.54, 1.807) is 6.33 Å². The summed E-state index contributed by atoms with van der Waals surface area (Å²) in [5.74, 6) is 1.97. The SMILES string of the molecule is CC(C)Cn1ncnc1CNC1CCCC1CO. The average Bonchev–Trinajstić information content (AvgIpc) is 2.94. The molecule has 2 unspecified atom stereocenters. The molecule has 1 fully saturated rings. The third-order valence-corrected chi connectivity index (χ3v) is 3.65. The second-order valence-electron chi connectivity index (χ2n) is 5.61. The maximum absolute atomic E-state index is 9.29. The van der Waals surface area contributed by atoms with Crippen molar-refractivity contribution in [3.8, 4) is 0 Å². The summed E-state index contributed by atoms with van der Waals surface area (Å²) < 4.78 is 1.97. The number of hydrogen-bond donors (Lipinski definition) is 2. The van der Waals surface area contributed by atoms with Crippen LogP contribution >= 0.6 is 0 Å². The predicted octanol–water partition coefficient (Wildman–Crippen LogP) is 1.18. The van der Waals surface area contributed by atoms with Crippen molar-refractivity contribution in [2.75, 3.05) is 6.61 Å². The molecule has 1 aromatic heterocycles. The molecule has 1 aliphatic rings. The summed E-state index contributed by atoms with van der Waals surface area (Å²) in [6, 6.07) is 0.430. The van der Waals surface area contributed by atoms with Gasteiger partial charge in [0.05, 0.1) is 6.54 Å². The Bertz CT molecular complexity index is 364. The topological polar surface area (TPSA) is 63.0 Å². The zero-order valence-corrected chi connectivity index (χ0v) is 11.3. The Morgan fingerprint density at radius 3 is 3.06 bits per heavy atom. The van der Waals surface area contributed by atoms with Crippen molar-refractivity contribution in [2.24, 2.45) is 11.8 Å². The first-order valence-electron chi connectivity index (χ1n) is 6.91. The number of aliphatic hydroxyl groups excluding tert-OH is 1. The molecule has 1 saturated carbocycles. The molecule has 2 N–H and O–H groups in total. The second kappa shape index (κ2) is 6.29. The first-order valence-corrected chi connectivity index (χ1v) is 6.91. The van der Waals surface area contributed by atoms with Gasteiger partial charge in [0.25, 0.3) is 0 Å². The Kier molecular flexibility index (Phi) is 4.72. The van der Waals surface area contributed by atoms with Crippen molar-refractivity contribution in [1.29, 1.82) is 0 Å². The van der Waals surface area contributed by atoms with Gasteiger partial charge in [0.2, 0.25) is 0 Å². The van der Waals surface area contributed by atoms with Crippen LogP contribution in [0.4, 0.5) is 0 Å². The number of nitrogens with one attached hydrogen (secondary N) is 1. The summed E-state index contributed by atoms with van der Waals surface area (Å²) in [5, 5.41) is 17.1. The van der Waals surface area contributed by atoms with Gasteiger partial charge in [0.15, 0.2) is 0 Å². The van der Waals surface area contributed by atoms with Gasteiger partial charge in [-0.05, 0) is 24.7 Å². The maximum atomic E-state index is 9.29. The van der Waals surface area contributed by atoms with E-state index in [0.717, 1.165) is 31.8 Å². The van der Waals surface area contributed by atoms with Gasteiger partial charge in [-0.3, -0.25) is 0 Å². The van der Waals surface area contributed by atoms with Gasteiger partial charge in [-0.2, -0.15) is 5.10 Å². The first-order chi connectivity index (χ1) is 8.70. The fraction of sp³-hybridized carbons (Fsp3) is 0.846. The quantitative estimate of drug-likeness (QED) is 0.798. The molecule has 0 amide bonds. The van der Waals surface area contributed by atoms with Gasteiger partial charge >= 0.3 is 0 Å². The van der Waals surface area contributed by atoms with Gasteiger partial charge in [-0.1, -0.05) is 20.3 Å². The van der Waals surface area contributed by atoms with Crippen molar-refractivity contribution in [3.05, 3.63) is 12.2 Å². The highest BCUT2D eigenvalue weighted by atomic mass is 16.3. The van der Waals surface area contributed by atoms with E-state index in [4.69, 9.17) is 0 Å². The largest absolute Gasteiger partial charge is 0.396 e. The molecular formula is C13H24N4O. The molecule has 102 valence electrons. The normalized spacial score (nSPS) is 24.0. The van der Waals surface area contributed by atoms with E-state index in [0.29, 0.717) is 17.9 Å². The number of nitrogens with zero attached hydrogens (tertiary/aromatic N) is 3. The van der Waals surface area contributed by atoms with Crippen LogP contribution in [-0.2, 0) is 13.1 Å². The molecule has 18 heavy (non-hydrogen) atoms. The number of aromatic nitrogens is 3. The van der Waals surface area contributed by atoms with Crippen LogP contribution in [0.15, 0.2) is 6.33 Å². The third kappa shape index (κ3) is 3.29. The van der Waals surface area contributed by atoms with Crippen molar-refractivity contribution >= 4 is 0 Å². The van der Waals surface area contributed by atoms with Gasteiger partial charge in [0.1, 0.15) is 12.2 Å². The molecule has 0 spiro atoms. The Labute approximate surface area is 109 Å². The minimum Gasteiger partial charge on any atom is -0.396 e. The van der Waals surface area contributed by atoms with Gasteiger partial charge in [0, 0.05) is 19.2 Å². The molecule has 0 aliphatic heterocycles. The summed E-state index contributed by atoms with van der Waals surface area (Å²) >= 11 is 0. The minimum atomic E-state index is 0.288. The van der Waals surface area contributed by atoms with Crippen LogP contribution in [-0.4, -0.2) is 32.5 Å². The lowest BCUT2D eigenvalue weighted by Gasteiger charge is -2.19. The summed E-state index contributed by atoms with van der Waals surface area (Å²) in [7, 11) is 0. The zero-order valence-electron chi connectivity index (χ0n) is 11.3. The number of aliphatic hydroxyl groups is 1. The van der Waals surface area contributed by atoms with Crippen LogP contribution in [0.3, 0.4) is 0 Å². The van der Waals surface area contributed by atoms with E-state index >= 15 is 0 Å². The monoisotopic (exact) mass is 252 g/mol. The molecule has 0 radical (unpaired) electrons. The molecule has 0 aromatic carbocycles. The minimum absolute atomic E-state index is 0.288. The highest BCUT2D eigenvalue weighted by molar-refractivity contribution is 4.88. The second-order valence-corrected chi connectivity index (χ2v) is 5.61. The van der Waals surface area contributed by atoms with Crippen molar-refractivity contribution in [3.63, 3.8) is 0 Å². The summed E-state index contributed by atoms with van der Waals surface area (Å²) in [6.07, 6.45) is 5.12. The van der Waals surface area contributed by atoms with E-state index in [1.165, 1.54) is 6.42 Å². The van der Waals surface area contributed by atoms with E-state index in [2.05, 4.69) is 29.2 Å². The van der Waals surface area contributed by atoms with E-state index in [1.807, 2.05) is 4.68 Å². The van der Waals surface area contributed by atoms with Crippen LogP contribution < -0.4 is 5.32 Å². The maximum Gasteiger partial charge on any atom is 0.140 e.